The van der Waals surface area contributed by atoms with Gasteiger partial charge in [-0.15, -0.1) is 10.2 Å². The molecular formula is C23H26N4OS. The lowest BCUT2D eigenvalue weighted by molar-refractivity contribution is -0.128. The van der Waals surface area contributed by atoms with Crippen LogP contribution in [-0.2, 0) is 4.79 Å². The minimum absolute atomic E-state index is 0.188. The number of aromatic nitrogens is 3. The number of para-hydroxylation sites is 1. The molecule has 1 saturated carbocycles. The van der Waals surface area contributed by atoms with Crippen LogP contribution in [0.3, 0.4) is 0 Å². The largest absolute Gasteiger partial charge is 0.342 e. The monoisotopic (exact) mass is 406 g/mol. The molecule has 0 aliphatic heterocycles. The van der Waals surface area contributed by atoms with E-state index in [0.29, 0.717) is 11.7 Å². The van der Waals surface area contributed by atoms with Crippen molar-refractivity contribution in [1.29, 1.82) is 0 Å². The van der Waals surface area contributed by atoms with Gasteiger partial charge in [0.05, 0.1) is 5.75 Å². The van der Waals surface area contributed by atoms with Crippen molar-refractivity contribution in [2.45, 2.75) is 31.3 Å². The van der Waals surface area contributed by atoms with Crippen LogP contribution in [0.25, 0.3) is 17.1 Å². The maximum absolute atomic E-state index is 12.8. The fraction of sp³-hybridized carbons (Fsp3) is 0.348. The predicted octanol–water partition coefficient (Wildman–Crippen LogP) is 4.68. The summed E-state index contributed by atoms with van der Waals surface area (Å²) >= 11 is 1.47. The number of thioether (sulfide) groups is 1. The normalized spacial score (nSPS) is 13.4. The molecule has 0 N–H and O–H groups in total. The second-order valence-electron chi connectivity index (χ2n) is 7.41. The summed E-state index contributed by atoms with van der Waals surface area (Å²) in [4.78, 5) is 14.9. The Morgan fingerprint density at radius 3 is 2.41 bits per heavy atom. The zero-order valence-electron chi connectivity index (χ0n) is 16.7. The van der Waals surface area contributed by atoms with E-state index >= 15 is 0 Å². The van der Waals surface area contributed by atoms with E-state index in [0.717, 1.165) is 41.7 Å². The van der Waals surface area contributed by atoms with E-state index in [1.807, 2.05) is 70.1 Å². The van der Waals surface area contributed by atoms with E-state index < -0.39 is 0 Å². The highest BCUT2D eigenvalue weighted by Crippen LogP contribution is 2.31. The fourth-order valence-electron chi connectivity index (χ4n) is 3.36. The van der Waals surface area contributed by atoms with Gasteiger partial charge in [0.1, 0.15) is 0 Å². The summed E-state index contributed by atoms with van der Waals surface area (Å²) in [5.74, 6) is 2.06. The SMILES string of the molecule is CCCN(CC1CC1)C(=O)CSc1nnc(-c2ccccc2)n1-c1ccccc1. The highest BCUT2D eigenvalue weighted by molar-refractivity contribution is 7.99. The van der Waals surface area contributed by atoms with Gasteiger partial charge in [-0.05, 0) is 37.3 Å². The molecule has 0 spiro atoms. The highest BCUT2D eigenvalue weighted by Gasteiger charge is 2.26. The molecule has 0 bridgehead atoms. The van der Waals surface area contributed by atoms with Gasteiger partial charge in [-0.2, -0.15) is 0 Å². The number of rotatable bonds is 9. The minimum Gasteiger partial charge on any atom is -0.342 e. The van der Waals surface area contributed by atoms with E-state index in [2.05, 4.69) is 17.1 Å². The van der Waals surface area contributed by atoms with Gasteiger partial charge in [0.15, 0.2) is 11.0 Å². The standard InChI is InChI=1S/C23H26N4OS/c1-2-15-26(16-18-13-14-18)21(28)17-29-23-25-24-22(19-9-5-3-6-10-19)27(23)20-11-7-4-8-12-20/h3-12,18H,2,13-17H2,1H3. The summed E-state index contributed by atoms with van der Waals surface area (Å²) in [5, 5.41) is 9.61. The molecule has 4 rings (SSSR count). The summed E-state index contributed by atoms with van der Waals surface area (Å²) in [6.07, 6.45) is 3.49. The van der Waals surface area contributed by atoms with E-state index in [9.17, 15) is 4.79 Å². The smallest absolute Gasteiger partial charge is 0.233 e. The highest BCUT2D eigenvalue weighted by atomic mass is 32.2. The van der Waals surface area contributed by atoms with Crippen LogP contribution in [0.2, 0.25) is 0 Å². The maximum Gasteiger partial charge on any atom is 0.233 e. The molecule has 1 fully saturated rings. The maximum atomic E-state index is 12.8. The summed E-state index contributed by atoms with van der Waals surface area (Å²) in [6.45, 7) is 3.85. The molecule has 150 valence electrons. The molecule has 0 unspecified atom stereocenters. The Hall–Kier alpha value is -2.60. The molecule has 0 radical (unpaired) electrons. The molecule has 29 heavy (non-hydrogen) atoms. The molecule has 5 nitrogen and oxygen atoms in total. The molecule has 1 amide bonds. The number of carbonyl (C=O) groups is 1. The Labute approximate surface area is 176 Å². The molecule has 0 saturated heterocycles. The van der Waals surface area contributed by atoms with Crippen LogP contribution in [0, 0.1) is 5.92 Å². The van der Waals surface area contributed by atoms with Crippen molar-refractivity contribution < 1.29 is 4.79 Å². The lowest BCUT2D eigenvalue weighted by Gasteiger charge is -2.21. The van der Waals surface area contributed by atoms with Crippen molar-refractivity contribution in [2.75, 3.05) is 18.8 Å². The van der Waals surface area contributed by atoms with Gasteiger partial charge in [-0.1, -0.05) is 67.2 Å². The van der Waals surface area contributed by atoms with Crippen molar-refractivity contribution >= 4 is 17.7 Å². The Kier molecular flexibility index (Phi) is 6.30. The van der Waals surface area contributed by atoms with Crippen molar-refractivity contribution in [3.05, 3.63) is 60.7 Å². The summed E-state index contributed by atoms with van der Waals surface area (Å²) in [5.41, 5.74) is 2.00. The van der Waals surface area contributed by atoms with Crippen LogP contribution in [0.4, 0.5) is 0 Å². The number of benzene rings is 2. The van der Waals surface area contributed by atoms with Gasteiger partial charge in [0.25, 0.3) is 0 Å². The van der Waals surface area contributed by atoms with Crippen LogP contribution in [0.1, 0.15) is 26.2 Å². The van der Waals surface area contributed by atoms with Crippen molar-refractivity contribution in [1.82, 2.24) is 19.7 Å². The first kappa shape index (κ1) is 19.7. The lowest BCUT2D eigenvalue weighted by Crippen LogP contribution is -2.35. The van der Waals surface area contributed by atoms with Gasteiger partial charge in [0.2, 0.25) is 5.91 Å². The van der Waals surface area contributed by atoms with Crippen LogP contribution in [-0.4, -0.2) is 44.4 Å². The van der Waals surface area contributed by atoms with Crippen LogP contribution in [0.15, 0.2) is 65.8 Å². The first-order valence-electron chi connectivity index (χ1n) is 10.2. The van der Waals surface area contributed by atoms with Crippen molar-refractivity contribution in [3.63, 3.8) is 0 Å². The molecule has 6 heteroatoms. The zero-order valence-corrected chi connectivity index (χ0v) is 17.5. The van der Waals surface area contributed by atoms with E-state index in [1.165, 1.54) is 24.6 Å². The average Bonchev–Trinajstić information content (AvgIpc) is 3.48. The van der Waals surface area contributed by atoms with Gasteiger partial charge in [0, 0.05) is 24.3 Å². The quantitative estimate of drug-likeness (QED) is 0.484. The summed E-state index contributed by atoms with van der Waals surface area (Å²) in [7, 11) is 0. The molecule has 1 aromatic heterocycles. The molecular weight excluding hydrogens is 380 g/mol. The van der Waals surface area contributed by atoms with Gasteiger partial charge in [-0.25, -0.2) is 0 Å². The molecule has 1 aliphatic rings. The summed E-state index contributed by atoms with van der Waals surface area (Å²) < 4.78 is 2.04. The van der Waals surface area contributed by atoms with E-state index in [-0.39, 0.29) is 5.91 Å². The number of nitrogens with zero attached hydrogens (tertiary/aromatic N) is 4. The number of amides is 1. The topological polar surface area (TPSA) is 51.0 Å². The summed E-state index contributed by atoms with van der Waals surface area (Å²) in [6, 6.07) is 20.1. The molecule has 3 aromatic rings. The Morgan fingerprint density at radius 1 is 1.07 bits per heavy atom. The second-order valence-corrected chi connectivity index (χ2v) is 8.36. The second kappa shape index (κ2) is 9.27. The average molecular weight is 407 g/mol. The van der Waals surface area contributed by atoms with Crippen LogP contribution in [0.5, 0.6) is 0 Å². The molecule has 1 aliphatic carbocycles. The minimum atomic E-state index is 0.188. The van der Waals surface area contributed by atoms with E-state index in [4.69, 9.17) is 0 Å². The van der Waals surface area contributed by atoms with E-state index in [1.54, 1.807) is 0 Å². The first-order valence-corrected chi connectivity index (χ1v) is 11.2. The fourth-order valence-corrected chi connectivity index (χ4v) is 4.22. The Balaban J connectivity index is 1.57. The third kappa shape index (κ3) is 4.88. The van der Waals surface area contributed by atoms with Crippen molar-refractivity contribution in [3.8, 4) is 17.1 Å². The number of hydrogen-bond donors (Lipinski definition) is 0. The Bertz CT molecular complexity index is 938. The third-order valence-corrected chi connectivity index (χ3v) is 5.94. The van der Waals surface area contributed by atoms with Crippen molar-refractivity contribution in [2.24, 2.45) is 5.92 Å². The Morgan fingerprint density at radius 2 is 1.76 bits per heavy atom. The van der Waals surface area contributed by atoms with Gasteiger partial charge < -0.3 is 4.90 Å². The molecule has 0 atom stereocenters. The number of carbonyl (C=O) groups excluding carboxylic acids is 1. The number of hydrogen-bond acceptors (Lipinski definition) is 4. The molecule has 2 aromatic carbocycles. The first-order chi connectivity index (χ1) is 14.3. The zero-order chi connectivity index (χ0) is 20.1. The molecule has 1 heterocycles. The van der Waals surface area contributed by atoms with Crippen LogP contribution >= 0.6 is 11.8 Å². The van der Waals surface area contributed by atoms with Crippen LogP contribution < -0.4 is 0 Å². The third-order valence-electron chi connectivity index (χ3n) is 5.03. The lowest BCUT2D eigenvalue weighted by atomic mass is 10.2. The van der Waals surface area contributed by atoms with Gasteiger partial charge in [-0.3, -0.25) is 9.36 Å². The van der Waals surface area contributed by atoms with Gasteiger partial charge >= 0.3 is 0 Å². The predicted molar refractivity (Wildman–Crippen MR) is 117 cm³/mol.